The molecule has 0 unspecified atom stereocenters. The first-order chi connectivity index (χ1) is 9.16. The Bertz CT molecular complexity index is 709. The smallest absolute Gasteiger partial charge is 0.147 e. The summed E-state index contributed by atoms with van der Waals surface area (Å²) in [5.41, 5.74) is 9.05. The number of hydrogen-bond acceptors (Lipinski definition) is 3. The third-order valence-electron chi connectivity index (χ3n) is 3.28. The number of aromatic amines is 1. The van der Waals surface area contributed by atoms with Crippen LogP contribution in [0.25, 0.3) is 10.9 Å². The summed E-state index contributed by atoms with van der Waals surface area (Å²) in [6.07, 6.45) is 4.55. The minimum atomic E-state index is -2.95. The average Bonchev–Trinajstić information content (AvgIpc) is 2.67. The second-order valence-corrected chi connectivity index (χ2v) is 8.46. The van der Waals surface area contributed by atoms with E-state index in [1.807, 2.05) is 32.2 Å². The molecule has 0 aliphatic rings. The number of rotatable bonds is 5. The van der Waals surface area contributed by atoms with Crippen LogP contribution in [-0.2, 0) is 22.7 Å². The van der Waals surface area contributed by atoms with Crippen molar-refractivity contribution in [2.45, 2.75) is 32.2 Å². The Morgan fingerprint density at radius 1 is 1.25 bits per heavy atom. The van der Waals surface area contributed by atoms with Crippen LogP contribution in [0, 0.1) is 0 Å². The molecule has 5 heteroatoms. The quantitative estimate of drug-likeness (QED) is 0.886. The van der Waals surface area contributed by atoms with Gasteiger partial charge in [-0.25, -0.2) is 8.42 Å². The molecule has 4 nitrogen and oxygen atoms in total. The van der Waals surface area contributed by atoms with Crippen molar-refractivity contribution >= 4 is 20.7 Å². The van der Waals surface area contributed by atoms with Crippen molar-refractivity contribution in [3.63, 3.8) is 0 Å². The zero-order chi connectivity index (χ0) is 15.0. The summed E-state index contributed by atoms with van der Waals surface area (Å²) in [7, 11) is -2.95. The second kappa shape index (κ2) is 5.22. The molecule has 0 saturated heterocycles. The highest BCUT2D eigenvalue weighted by molar-refractivity contribution is 7.90. The van der Waals surface area contributed by atoms with Crippen LogP contribution in [0.1, 0.15) is 25.0 Å². The predicted octanol–water partition coefficient (Wildman–Crippen LogP) is 2.03. The van der Waals surface area contributed by atoms with Gasteiger partial charge in [0, 0.05) is 28.9 Å². The van der Waals surface area contributed by atoms with Crippen LogP contribution in [0.3, 0.4) is 0 Å². The van der Waals surface area contributed by atoms with Gasteiger partial charge in [0.25, 0.3) is 0 Å². The second-order valence-electron chi connectivity index (χ2n) is 6.20. The van der Waals surface area contributed by atoms with Crippen LogP contribution >= 0.6 is 0 Å². The minimum absolute atomic E-state index is 0.169. The van der Waals surface area contributed by atoms with Crippen molar-refractivity contribution in [3.8, 4) is 0 Å². The molecule has 0 atom stereocenters. The average molecular weight is 294 g/mol. The first-order valence-corrected chi connectivity index (χ1v) is 8.76. The van der Waals surface area contributed by atoms with Gasteiger partial charge in [0.05, 0.1) is 5.75 Å². The highest BCUT2D eigenvalue weighted by Gasteiger charge is 2.16. The molecule has 1 aromatic heterocycles. The first kappa shape index (κ1) is 15.1. The number of aryl methyl sites for hydroxylation is 1. The molecule has 110 valence electrons. The Balaban J connectivity index is 2.35. The lowest BCUT2D eigenvalue weighted by Gasteiger charge is -2.17. The molecule has 0 saturated carbocycles. The zero-order valence-electron chi connectivity index (χ0n) is 12.2. The molecule has 1 heterocycles. The van der Waals surface area contributed by atoms with Crippen molar-refractivity contribution in [2.24, 2.45) is 5.73 Å². The molecule has 0 spiro atoms. The lowest BCUT2D eigenvalue weighted by Crippen LogP contribution is -2.34. The summed E-state index contributed by atoms with van der Waals surface area (Å²) in [6.45, 7) is 4.00. The number of fused-ring (bicyclic) bond motifs is 1. The number of nitrogens with two attached hydrogens (primary N) is 1. The maximum atomic E-state index is 11.3. The van der Waals surface area contributed by atoms with Crippen LogP contribution in [0.2, 0.25) is 0 Å². The first-order valence-electron chi connectivity index (χ1n) is 6.70. The SMILES string of the molecule is CC(C)(N)Cc1c[nH]c2c(CCS(C)(=O)=O)cccc12. The number of nitrogens with one attached hydrogen (secondary N) is 1. The van der Waals surface area contributed by atoms with Crippen molar-refractivity contribution in [1.29, 1.82) is 0 Å². The van der Waals surface area contributed by atoms with E-state index in [0.717, 1.165) is 22.9 Å². The van der Waals surface area contributed by atoms with Crippen molar-refractivity contribution < 1.29 is 8.42 Å². The number of benzene rings is 1. The predicted molar refractivity (Wildman–Crippen MR) is 83.7 cm³/mol. The Morgan fingerprint density at radius 2 is 1.95 bits per heavy atom. The van der Waals surface area contributed by atoms with E-state index in [1.165, 1.54) is 11.8 Å². The summed E-state index contributed by atoms with van der Waals surface area (Å²) < 4.78 is 22.6. The monoisotopic (exact) mass is 294 g/mol. The molecule has 0 amide bonds. The molecule has 3 N–H and O–H groups in total. The van der Waals surface area contributed by atoms with E-state index >= 15 is 0 Å². The summed E-state index contributed by atoms with van der Waals surface area (Å²) in [6, 6.07) is 6.00. The molecule has 0 fully saturated rings. The number of para-hydroxylation sites is 1. The van der Waals surface area contributed by atoms with Gasteiger partial charge in [-0.05, 0) is 37.8 Å². The number of hydrogen-bond donors (Lipinski definition) is 2. The van der Waals surface area contributed by atoms with Crippen molar-refractivity contribution in [2.75, 3.05) is 12.0 Å². The van der Waals surface area contributed by atoms with E-state index in [2.05, 4.69) is 11.1 Å². The lowest BCUT2D eigenvalue weighted by molar-refractivity contribution is 0.518. The van der Waals surface area contributed by atoms with Gasteiger partial charge in [0.15, 0.2) is 0 Å². The van der Waals surface area contributed by atoms with Crippen LogP contribution < -0.4 is 5.73 Å². The Kier molecular flexibility index (Phi) is 3.93. The molecular weight excluding hydrogens is 272 g/mol. The molecule has 2 rings (SSSR count). The number of H-pyrrole nitrogens is 1. The Hall–Kier alpha value is -1.33. The van der Waals surface area contributed by atoms with Gasteiger partial charge in [-0.1, -0.05) is 18.2 Å². The van der Waals surface area contributed by atoms with Crippen molar-refractivity contribution in [1.82, 2.24) is 4.98 Å². The molecule has 2 aromatic rings. The standard InChI is InChI=1S/C15H22N2O2S/c1-15(2,16)9-12-10-17-14-11(5-4-6-13(12)14)7-8-20(3,18)19/h4-6,10,17H,7-9,16H2,1-3H3. The van der Waals surface area contributed by atoms with E-state index in [9.17, 15) is 8.42 Å². The van der Waals surface area contributed by atoms with Gasteiger partial charge in [0.1, 0.15) is 9.84 Å². The minimum Gasteiger partial charge on any atom is -0.361 e. The van der Waals surface area contributed by atoms with Crippen LogP contribution in [0.4, 0.5) is 0 Å². The number of aromatic nitrogens is 1. The van der Waals surface area contributed by atoms with E-state index in [-0.39, 0.29) is 11.3 Å². The zero-order valence-corrected chi connectivity index (χ0v) is 13.0. The van der Waals surface area contributed by atoms with Crippen LogP contribution in [-0.4, -0.2) is 30.9 Å². The molecule has 0 bridgehead atoms. The van der Waals surface area contributed by atoms with Gasteiger partial charge >= 0.3 is 0 Å². The van der Waals surface area contributed by atoms with Crippen LogP contribution in [0.5, 0.6) is 0 Å². The maximum absolute atomic E-state index is 11.3. The molecule has 20 heavy (non-hydrogen) atoms. The molecule has 0 aliphatic carbocycles. The van der Waals surface area contributed by atoms with E-state index in [0.29, 0.717) is 6.42 Å². The lowest BCUT2D eigenvalue weighted by atomic mass is 9.95. The fourth-order valence-corrected chi connectivity index (χ4v) is 3.01. The normalized spacial score (nSPS) is 13.0. The van der Waals surface area contributed by atoms with Crippen LogP contribution in [0.15, 0.2) is 24.4 Å². The third kappa shape index (κ3) is 3.84. The number of sulfone groups is 1. The van der Waals surface area contributed by atoms with Gasteiger partial charge in [-0.3, -0.25) is 0 Å². The molecule has 1 aromatic carbocycles. The van der Waals surface area contributed by atoms with E-state index in [1.54, 1.807) is 0 Å². The summed E-state index contributed by atoms with van der Waals surface area (Å²) >= 11 is 0. The third-order valence-corrected chi connectivity index (χ3v) is 4.22. The largest absolute Gasteiger partial charge is 0.361 e. The Labute approximate surface area is 120 Å². The molecule has 0 radical (unpaired) electrons. The summed E-state index contributed by atoms with van der Waals surface area (Å²) in [4.78, 5) is 3.27. The topological polar surface area (TPSA) is 76.0 Å². The summed E-state index contributed by atoms with van der Waals surface area (Å²) in [5.74, 6) is 0.169. The van der Waals surface area contributed by atoms with E-state index < -0.39 is 9.84 Å². The van der Waals surface area contributed by atoms with Gasteiger partial charge < -0.3 is 10.7 Å². The fourth-order valence-electron chi connectivity index (χ4n) is 2.42. The van der Waals surface area contributed by atoms with E-state index in [4.69, 9.17) is 5.73 Å². The Morgan fingerprint density at radius 3 is 2.55 bits per heavy atom. The highest BCUT2D eigenvalue weighted by Crippen LogP contribution is 2.24. The molecule has 0 aliphatic heterocycles. The highest BCUT2D eigenvalue weighted by atomic mass is 32.2. The maximum Gasteiger partial charge on any atom is 0.147 e. The van der Waals surface area contributed by atoms with Gasteiger partial charge in [0.2, 0.25) is 0 Å². The summed E-state index contributed by atoms with van der Waals surface area (Å²) in [5, 5.41) is 1.13. The molecular formula is C15H22N2O2S. The van der Waals surface area contributed by atoms with Gasteiger partial charge in [-0.2, -0.15) is 0 Å². The van der Waals surface area contributed by atoms with Gasteiger partial charge in [-0.15, -0.1) is 0 Å². The fraction of sp³-hybridized carbons (Fsp3) is 0.467. The van der Waals surface area contributed by atoms with Crippen molar-refractivity contribution in [3.05, 3.63) is 35.5 Å².